The molecule has 0 aliphatic carbocycles. The fraction of sp³-hybridized carbons (Fsp3) is 0.333. The number of hydrogen-bond acceptors (Lipinski definition) is 3. The Morgan fingerprint density at radius 3 is 2.85 bits per heavy atom. The Kier molecular flexibility index (Phi) is 3.04. The molecule has 4 heteroatoms. The number of thiophene rings is 1. The second kappa shape index (κ2) is 4.06. The minimum Gasteiger partial charge on any atom is -0.481 e. The van der Waals surface area contributed by atoms with Gasteiger partial charge < -0.3 is 5.11 Å². The van der Waals surface area contributed by atoms with Gasteiger partial charge in [-0.3, -0.25) is 4.79 Å². The highest BCUT2D eigenvalue weighted by Crippen LogP contribution is 2.28. The fourth-order valence-corrected chi connectivity index (χ4v) is 2.05. The third-order valence-corrected chi connectivity index (χ3v) is 2.77. The number of rotatable bonds is 3. The molecule has 2 atom stereocenters. The first-order chi connectivity index (χ1) is 6.16. The van der Waals surface area contributed by atoms with Gasteiger partial charge in [0.05, 0.1) is 12.0 Å². The number of carbonyl (C=O) groups is 1. The number of carboxylic acid groups (broad SMARTS) is 1. The van der Waals surface area contributed by atoms with E-state index in [1.807, 2.05) is 11.4 Å². The summed E-state index contributed by atoms with van der Waals surface area (Å²) in [5.74, 6) is -2.11. The maximum absolute atomic E-state index is 10.9. The van der Waals surface area contributed by atoms with Gasteiger partial charge in [0.25, 0.3) is 0 Å². The first-order valence-electron chi connectivity index (χ1n) is 3.82. The van der Waals surface area contributed by atoms with Gasteiger partial charge in [-0.05, 0) is 18.4 Å². The second-order valence-electron chi connectivity index (χ2n) is 2.75. The molecule has 1 rings (SSSR count). The smallest absolute Gasteiger partial charge is 0.313 e. The molecular weight excluding hydrogens is 186 g/mol. The lowest BCUT2D eigenvalue weighted by Gasteiger charge is -2.11. The number of nitriles is 1. The molecule has 0 aliphatic heterocycles. The summed E-state index contributed by atoms with van der Waals surface area (Å²) >= 11 is 1.37. The molecule has 1 aromatic rings. The van der Waals surface area contributed by atoms with Crippen molar-refractivity contribution >= 4 is 17.3 Å². The van der Waals surface area contributed by atoms with Crippen LogP contribution >= 0.6 is 11.3 Å². The summed E-state index contributed by atoms with van der Waals surface area (Å²) in [4.78, 5) is 11.6. The van der Waals surface area contributed by atoms with Crippen LogP contribution in [0.2, 0.25) is 0 Å². The summed E-state index contributed by atoms with van der Waals surface area (Å²) in [6, 6.07) is 5.50. The normalized spacial score (nSPS) is 14.5. The lowest BCUT2D eigenvalue weighted by atomic mass is 9.94. The molecule has 0 amide bonds. The van der Waals surface area contributed by atoms with Gasteiger partial charge in [-0.2, -0.15) is 5.26 Å². The maximum Gasteiger partial charge on any atom is 0.313 e. The first-order valence-corrected chi connectivity index (χ1v) is 4.70. The molecule has 0 aliphatic rings. The van der Waals surface area contributed by atoms with Gasteiger partial charge in [0.15, 0.2) is 0 Å². The molecule has 0 saturated carbocycles. The maximum atomic E-state index is 10.9. The van der Waals surface area contributed by atoms with Crippen molar-refractivity contribution < 1.29 is 9.90 Å². The van der Waals surface area contributed by atoms with Crippen molar-refractivity contribution in [1.29, 1.82) is 5.26 Å². The highest BCUT2D eigenvalue weighted by atomic mass is 32.1. The SMILES string of the molecule is CC(C#N)C(C(=O)O)c1cccs1. The van der Waals surface area contributed by atoms with Crippen molar-refractivity contribution in [2.45, 2.75) is 12.8 Å². The second-order valence-corrected chi connectivity index (χ2v) is 3.73. The van der Waals surface area contributed by atoms with Crippen LogP contribution in [0.3, 0.4) is 0 Å². The molecule has 68 valence electrons. The number of hydrogen-bond donors (Lipinski definition) is 1. The fourth-order valence-electron chi connectivity index (χ4n) is 1.12. The molecule has 1 N–H and O–H groups in total. The van der Waals surface area contributed by atoms with E-state index in [4.69, 9.17) is 10.4 Å². The zero-order valence-electron chi connectivity index (χ0n) is 7.10. The first kappa shape index (κ1) is 9.75. The summed E-state index contributed by atoms with van der Waals surface area (Å²) < 4.78 is 0. The molecule has 0 bridgehead atoms. The lowest BCUT2D eigenvalue weighted by molar-refractivity contribution is -0.139. The Morgan fingerprint density at radius 2 is 2.46 bits per heavy atom. The highest BCUT2D eigenvalue weighted by Gasteiger charge is 2.27. The molecule has 0 spiro atoms. The van der Waals surface area contributed by atoms with Crippen molar-refractivity contribution in [2.24, 2.45) is 5.92 Å². The van der Waals surface area contributed by atoms with E-state index in [0.717, 1.165) is 4.88 Å². The van der Waals surface area contributed by atoms with Crippen molar-refractivity contribution in [3.05, 3.63) is 22.4 Å². The lowest BCUT2D eigenvalue weighted by Crippen LogP contribution is -2.17. The summed E-state index contributed by atoms with van der Waals surface area (Å²) in [5.41, 5.74) is 0. The summed E-state index contributed by atoms with van der Waals surface area (Å²) in [6.45, 7) is 1.62. The molecule has 0 radical (unpaired) electrons. The highest BCUT2D eigenvalue weighted by molar-refractivity contribution is 7.10. The predicted molar refractivity (Wildman–Crippen MR) is 49.5 cm³/mol. The van der Waals surface area contributed by atoms with E-state index in [2.05, 4.69) is 0 Å². The Balaban J connectivity index is 2.95. The number of carboxylic acids is 1. The van der Waals surface area contributed by atoms with E-state index in [0.29, 0.717) is 0 Å². The molecule has 0 fully saturated rings. The van der Waals surface area contributed by atoms with Gasteiger partial charge in [-0.1, -0.05) is 6.07 Å². The number of aliphatic carboxylic acids is 1. The van der Waals surface area contributed by atoms with E-state index in [-0.39, 0.29) is 0 Å². The van der Waals surface area contributed by atoms with Gasteiger partial charge in [-0.25, -0.2) is 0 Å². The van der Waals surface area contributed by atoms with Gasteiger partial charge in [0.2, 0.25) is 0 Å². The van der Waals surface area contributed by atoms with Gasteiger partial charge in [0, 0.05) is 4.88 Å². The minimum absolute atomic E-state index is 0.490. The summed E-state index contributed by atoms with van der Waals surface area (Å²) in [7, 11) is 0. The largest absolute Gasteiger partial charge is 0.481 e. The topological polar surface area (TPSA) is 61.1 Å². The van der Waals surface area contributed by atoms with Gasteiger partial charge >= 0.3 is 5.97 Å². The molecular formula is C9H9NO2S. The van der Waals surface area contributed by atoms with Crippen LogP contribution in [0.4, 0.5) is 0 Å². The molecule has 1 aromatic heterocycles. The third kappa shape index (κ3) is 2.07. The van der Waals surface area contributed by atoms with Crippen LogP contribution < -0.4 is 0 Å². The van der Waals surface area contributed by atoms with Gasteiger partial charge in [0.1, 0.15) is 5.92 Å². The minimum atomic E-state index is -0.934. The average Bonchev–Trinajstić information content (AvgIpc) is 2.56. The van der Waals surface area contributed by atoms with Crippen LogP contribution in [0.1, 0.15) is 17.7 Å². The standard InChI is InChI=1S/C9H9NO2S/c1-6(5-10)8(9(11)12)7-3-2-4-13-7/h2-4,6,8H,1H3,(H,11,12). The Morgan fingerprint density at radius 1 is 1.77 bits per heavy atom. The summed E-state index contributed by atoms with van der Waals surface area (Å²) in [5, 5.41) is 19.4. The number of nitrogens with zero attached hydrogens (tertiary/aromatic N) is 1. The molecule has 2 unspecified atom stereocenters. The van der Waals surface area contributed by atoms with E-state index < -0.39 is 17.8 Å². The monoisotopic (exact) mass is 195 g/mol. The van der Waals surface area contributed by atoms with Crippen LogP contribution in [-0.4, -0.2) is 11.1 Å². The van der Waals surface area contributed by atoms with Crippen LogP contribution in [0.15, 0.2) is 17.5 Å². The van der Waals surface area contributed by atoms with Crippen LogP contribution in [0.5, 0.6) is 0 Å². The quantitative estimate of drug-likeness (QED) is 0.803. The predicted octanol–water partition coefficient (Wildman–Crippen LogP) is 2.08. The molecule has 13 heavy (non-hydrogen) atoms. The van der Waals surface area contributed by atoms with Crippen molar-refractivity contribution in [1.82, 2.24) is 0 Å². The van der Waals surface area contributed by atoms with Crippen molar-refractivity contribution in [3.63, 3.8) is 0 Å². The van der Waals surface area contributed by atoms with Crippen LogP contribution in [0, 0.1) is 17.2 Å². The van der Waals surface area contributed by atoms with Crippen LogP contribution in [0.25, 0.3) is 0 Å². The summed E-state index contributed by atoms with van der Waals surface area (Å²) in [6.07, 6.45) is 0. The van der Waals surface area contributed by atoms with Crippen LogP contribution in [-0.2, 0) is 4.79 Å². The third-order valence-electron chi connectivity index (χ3n) is 1.82. The van der Waals surface area contributed by atoms with E-state index in [9.17, 15) is 4.79 Å². The van der Waals surface area contributed by atoms with Crippen molar-refractivity contribution in [3.8, 4) is 6.07 Å². The Bertz CT molecular complexity index is 326. The van der Waals surface area contributed by atoms with Gasteiger partial charge in [-0.15, -0.1) is 11.3 Å². The van der Waals surface area contributed by atoms with E-state index in [1.54, 1.807) is 19.1 Å². The molecule has 1 heterocycles. The van der Waals surface area contributed by atoms with E-state index >= 15 is 0 Å². The van der Waals surface area contributed by atoms with Crippen molar-refractivity contribution in [2.75, 3.05) is 0 Å². The molecule has 3 nitrogen and oxygen atoms in total. The zero-order valence-corrected chi connectivity index (χ0v) is 7.91. The molecule has 0 saturated heterocycles. The van der Waals surface area contributed by atoms with E-state index in [1.165, 1.54) is 11.3 Å². The molecule has 0 aromatic carbocycles. The Labute approximate surface area is 80.2 Å². The zero-order chi connectivity index (χ0) is 9.84. The Hall–Kier alpha value is -1.34. The average molecular weight is 195 g/mol.